The lowest BCUT2D eigenvalue weighted by Crippen LogP contribution is -2.38. The molecule has 0 aliphatic heterocycles. The second kappa shape index (κ2) is 8.86. The lowest BCUT2D eigenvalue weighted by Gasteiger charge is -2.25. The van der Waals surface area contributed by atoms with Crippen LogP contribution in [0.3, 0.4) is 0 Å². The fourth-order valence-electron chi connectivity index (χ4n) is 3.80. The highest BCUT2D eigenvalue weighted by Gasteiger charge is 2.40. The number of nitrogens with one attached hydrogen (secondary N) is 3. The molecular formula is C20H30N6O4. The van der Waals surface area contributed by atoms with E-state index in [1.165, 1.54) is 4.68 Å². The highest BCUT2D eigenvalue weighted by atomic mass is 16.6. The molecule has 2 aromatic heterocycles. The van der Waals surface area contributed by atoms with Crippen LogP contribution in [-0.2, 0) is 23.1 Å². The minimum Gasteiger partial charge on any atom is -0.443 e. The van der Waals surface area contributed by atoms with Crippen LogP contribution in [0.5, 0.6) is 0 Å². The third-order valence-corrected chi connectivity index (χ3v) is 5.18. The van der Waals surface area contributed by atoms with Gasteiger partial charge in [-0.15, -0.1) is 0 Å². The summed E-state index contributed by atoms with van der Waals surface area (Å²) >= 11 is 0. The van der Waals surface area contributed by atoms with E-state index in [4.69, 9.17) is 9.47 Å². The van der Waals surface area contributed by atoms with Gasteiger partial charge in [-0.1, -0.05) is 0 Å². The van der Waals surface area contributed by atoms with Gasteiger partial charge in [0.1, 0.15) is 11.3 Å². The zero-order chi connectivity index (χ0) is 21.9. The van der Waals surface area contributed by atoms with Crippen LogP contribution in [0.4, 0.5) is 10.6 Å². The second-order valence-corrected chi connectivity index (χ2v) is 8.32. The molecule has 1 aliphatic rings. The molecule has 1 aliphatic carbocycles. The maximum Gasteiger partial charge on any atom is 0.407 e. The monoisotopic (exact) mass is 418 g/mol. The van der Waals surface area contributed by atoms with Crippen molar-refractivity contribution in [2.75, 3.05) is 12.4 Å². The largest absolute Gasteiger partial charge is 0.443 e. The third-order valence-electron chi connectivity index (χ3n) is 5.18. The molecule has 3 N–H and O–H groups in total. The molecule has 0 saturated heterocycles. The van der Waals surface area contributed by atoms with E-state index in [-0.39, 0.29) is 17.9 Å². The standard InChI is InChI=1S/C20H30N6O4/c1-12(2)21-19(28)30-20(3)7-6-13(10-20)15-9-17(24-23-15)22-18(27)16-8-14(11-29-5)25-26(16)4/h8-9,12-13H,6-7,10-11H2,1-5H3,(H,21,28)(H2,22,23,24,27)/t13-,20+/m0/s1. The number of ether oxygens (including phenoxy) is 2. The van der Waals surface area contributed by atoms with Gasteiger partial charge in [0.25, 0.3) is 5.91 Å². The molecule has 0 spiro atoms. The van der Waals surface area contributed by atoms with Crippen molar-refractivity contribution in [2.45, 2.75) is 64.2 Å². The van der Waals surface area contributed by atoms with Crippen molar-refractivity contribution in [2.24, 2.45) is 7.05 Å². The molecular weight excluding hydrogens is 388 g/mol. The van der Waals surface area contributed by atoms with Crippen molar-refractivity contribution in [1.82, 2.24) is 25.3 Å². The van der Waals surface area contributed by atoms with Crippen molar-refractivity contribution in [3.8, 4) is 0 Å². The number of carbonyl (C=O) groups excluding carboxylic acids is 2. The summed E-state index contributed by atoms with van der Waals surface area (Å²) in [5.74, 6) is 0.317. The number of rotatable bonds is 7. The number of aromatic amines is 1. The predicted molar refractivity (Wildman–Crippen MR) is 110 cm³/mol. The third kappa shape index (κ3) is 5.18. The van der Waals surface area contributed by atoms with Gasteiger partial charge in [0.05, 0.1) is 12.3 Å². The quantitative estimate of drug-likeness (QED) is 0.635. The van der Waals surface area contributed by atoms with Crippen molar-refractivity contribution < 1.29 is 19.1 Å². The summed E-state index contributed by atoms with van der Waals surface area (Å²) < 4.78 is 12.2. The molecule has 2 heterocycles. The minimum atomic E-state index is -0.523. The van der Waals surface area contributed by atoms with Gasteiger partial charge in [0, 0.05) is 37.9 Å². The smallest absolute Gasteiger partial charge is 0.407 e. The van der Waals surface area contributed by atoms with Gasteiger partial charge in [0.2, 0.25) is 0 Å². The fourth-order valence-corrected chi connectivity index (χ4v) is 3.80. The molecule has 2 aromatic rings. The first-order valence-corrected chi connectivity index (χ1v) is 10.1. The molecule has 2 amide bonds. The Morgan fingerprint density at radius 3 is 2.87 bits per heavy atom. The number of hydrogen-bond donors (Lipinski definition) is 3. The number of aromatic nitrogens is 4. The number of hydrogen-bond acceptors (Lipinski definition) is 6. The van der Waals surface area contributed by atoms with E-state index in [1.54, 1.807) is 20.2 Å². The molecule has 3 rings (SSSR count). The Bertz CT molecular complexity index is 905. The Balaban J connectivity index is 1.60. The molecule has 0 radical (unpaired) electrons. The number of alkyl carbamates (subject to hydrolysis) is 1. The molecule has 10 heteroatoms. The minimum absolute atomic E-state index is 0.0297. The molecule has 1 fully saturated rings. The molecule has 10 nitrogen and oxygen atoms in total. The van der Waals surface area contributed by atoms with Crippen LogP contribution in [0, 0.1) is 0 Å². The van der Waals surface area contributed by atoms with Crippen molar-refractivity contribution in [3.05, 3.63) is 29.2 Å². The Morgan fingerprint density at radius 1 is 1.40 bits per heavy atom. The first kappa shape index (κ1) is 21.8. The van der Waals surface area contributed by atoms with Crippen LogP contribution in [-0.4, -0.2) is 50.7 Å². The number of methoxy groups -OCH3 is 1. The Kier molecular flexibility index (Phi) is 6.45. The van der Waals surface area contributed by atoms with E-state index in [9.17, 15) is 9.59 Å². The number of H-pyrrole nitrogens is 1. The number of aryl methyl sites for hydroxylation is 1. The van der Waals surface area contributed by atoms with E-state index in [1.807, 2.05) is 26.8 Å². The number of amides is 2. The Labute approximate surface area is 175 Å². The maximum absolute atomic E-state index is 12.6. The summed E-state index contributed by atoms with van der Waals surface area (Å²) in [4.78, 5) is 24.5. The number of carbonyl (C=O) groups is 2. The highest BCUT2D eigenvalue weighted by molar-refractivity contribution is 6.02. The lowest BCUT2D eigenvalue weighted by molar-refractivity contribution is 0.0280. The second-order valence-electron chi connectivity index (χ2n) is 8.32. The van der Waals surface area contributed by atoms with E-state index in [2.05, 4.69) is 25.9 Å². The Hall–Kier alpha value is -2.88. The van der Waals surface area contributed by atoms with Crippen molar-refractivity contribution in [3.63, 3.8) is 0 Å². The van der Waals surface area contributed by atoms with E-state index in [0.717, 1.165) is 18.5 Å². The van der Waals surface area contributed by atoms with E-state index < -0.39 is 11.7 Å². The Morgan fingerprint density at radius 2 is 2.17 bits per heavy atom. The van der Waals surface area contributed by atoms with Gasteiger partial charge in [-0.25, -0.2) is 4.79 Å². The number of nitrogens with zero attached hydrogens (tertiary/aromatic N) is 3. The maximum atomic E-state index is 12.6. The topological polar surface area (TPSA) is 123 Å². The average molecular weight is 418 g/mol. The van der Waals surface area contributed by atoms with Crippen LogP contribution in [0.2, 0.25) is 0 Å². The molecule has 0 aromatic carbocycles. The van der Waals surface area contributed by atoms with Crippen LogP contribution in [0.1, 0.15) is 67.8 Å². The summed E-state index contributed by atoms with van der Waals surface area (Å²) in [6, 6.07) is 3.55. The summed E-state index contributed by atoms with van der Waals surface area (Å²) in [6.45, 7) is 6.08. The van der Waals surface area contributed by atoms with Gasteiger partial charge in [-0.2, -0.15) is 10.2 Å². The predicted octanol–water partition coefficient (Wildman–Crippen LogP) is 2.70. The molecule has 0 bridgehead atoms. The van der Waals surface area contributed by atoms with Crippen molar-refractivity contribution >= 4 is 17.8 Å². The average Bonchev–Trinajstić information content (AvgIpc) is 3.33. The van der Waals surface area contributed by atoms with Crippen LogP contribution in [0.25, 0.3) is 0 Å². The van der Waals surface area contributed by atoms with Gasteiger partial charge >= 0.3 is 6.09 Å². The van der Waals surface area contributed by atoms with E-state index >= 15 is 0 Å². The molecule has 164 valence electrons. The summed E-state index contributed by atoms with van der Waals surface area (Å²) in [7, 11) is 3.29. The lowest BCUT2D eigenvalue weighted by atomic mass is 10.00. The number of anilines is 1. The molecule has 2 atom stereocenters. The molecule has 1 saturated carbocycles. The summed E-state index contributed by atoms with van der Waals surface area (Å²) in [6.07, 6.45) is 1.93. The van der Waals surface area contributed by atoms with Gasteiger partial charge < -0.3 is 20.1 Å². The normalized spacial score (nSPS) is 21.1. The summed E-state index contributed by atoms with van der Waals surface area (Å²) in [5.41, 5.74) is 1.49. The summed E-state index contributed by atoms with van der Waals surface area (Å²) in [5, 5.41) is 17.0. The zero-order valence-electron chi connectivity index (χ0n) is 18.1. The molecule has 0 unspecified atom stereocenters. The van der Waals surface area contributed by atoms with Crippen LogP contribution < -0.4 is 10.6 Å². The van der Waals surface area contributed by atoms with E-state index in [0.29, 0.717) is 30.2 Å². The van der Waals surface area contributed by atoms with Gasteiger partial charge in [-0.3, -0.25) is 14.6 Å². The van der Waals surface area contributed by atoms with Crippen LogP contribution >= 0.6 is 0 Å². The fraction of sp³-hybridized carbons (Fsp3) is 0.600. The van der Waals surface area contributed by atoms with Gasteiger partial charge in [-0.05, 0) is 46.1 Å². The SMILES string of the molecule is COCc1cc(C(=O)Nc2cc([C@H]3CC[C@@](C)(OC(=O)NC(C)C)C3)[nH]n2)n(C)n1. The zero-order valence-corrected chi connectivity index (χ0v) is 18.1. The van der Waals surface area contributed by atoms with Crippen LogP contribution in [0.15, 0.2) is 12.1 Å². The first-order chi connectivity index (χ1) is 14.2. The highest BCUT2D eigenvalue weighted by Crippen LogP contribution is 2.42. The van der Waals surface area contributed by atoms with Gasteiger partial charge in [0.15, 0.2) is 5.82 Å². The molecule has 30 heavy (non-hydrogen) atoms. The van der Waals surface area contributed by atoms with Crippen molar-refractivity contribution in [1.29, 1.82) is 0 Å². The first-order valence-electron chi connectivity index (χ1n) is 10.1.